The molecule has 0 atom stereocenters. The van der Waals surface area contributed by atoms with Crippen molar-refractivity contribution in [3.63, 3.8) is 0 Å². The predicted octanol–water partition coefficient (Wildman–Crippen LogP) is 3.97. The Morgan fingerprint density at radius 2 is 2.25 bits per heavy atom. The molecule has 0 aliphatic rings. The van der Waals surface area contributed by atoms with Crippen LogP contribution in [0.4, 0.5) is 4.39 Å². The second-order valence-corrected chi connectivity index (χ2v) is 3.62. The molecular formula is C12H9ClFNO. The molecule has 0 radical (unpaired) electrons. The predicted molar refractivity (Wildman–Crippen MR) is 61.7 cm³/mol. The van der Waals surface area contributed by atoms with Gasteiger partial charge in [-0.3, -0.25) is 0 Å². The van der Waals surface area contributed by atoms with Crippen molar-refractivity contribution in [1.82, 2.24) is 4.98 Å². The lowest BCUT2D eigenvalue weighted by molar-refractivity contribution is 0.485. The highest BCUT2D eigenvalue weighted by Crippen LogP contribution is 2.19. The van der Waals surface area contributed by atoms with Crippen LogP contribution in [0.5, 0.6) is 0 Å². The first-order chi connectivity index (χ1) is 7.79. The van der Waals surface area contributed by atoms with Crippen LogP contribution in [0.25, 0.3) is 12.2 Å². The summed E-state index contributed by atoms with van der Waals surface area (Å²) in [6, 6.07) is 5.09. The lowest BCUT2D eigenvalue weighted by Crippen LogP contribution is -1.84. The summed E-state index contributed by atoms with van der Waals surface area (Å²) in [5.74, 6) is 0.486. The molecule has 0 N–H and O–H groups in total. The van der Waals surface area contributed by atoms with Gasteiger partial charge in [-0.1, -0.05) is 17.7 Å². The molecule has 2 rings (SSSR count). The third kappa shape index (κ3) is 2.49. The van der Waals surface area contributed by atoms with Gasteiger partial charge in [-0.25, -0.2) is 9.37 Å². The largest absolute Gasteiger partial charge is 0.445 e. The second-order valence-electron chi connectivity index (χ2n) is 3.18. The maximum atomic E-state index is 12.7. The van der Waals surface area contributed by atoms with Crippen molar-refractivity contribution in [2.24, 2.45) is 0 Å². The zero-order valence-electron chi connectivity index (χ0n) is 8.36. The van der Waals surface area contributed by atoms with Gasteiger partial charge >= 0.3 is 0 Å². The van der Waals surface area contributed by atoms with Gasteiger partial charge in [0.25, 0.3) is 0 Å². The van der Waals surface area contributed by atoms with E-state index in [4.69, 9.17) is 16.0 Å². The number of benzene rings is 1. The van der Waals surface area contributed by atoms with E-state index in [1.54, 1.807) is 36.5 Å². The van der Waals surface area contributed by atoms with Crippen LogP contribution >= 0.6 is 11.6 Å². The summed E-state index contributed by atoms with van der Waals surface area (Å²) in [5.41, 5.74) is 1.32. The summed E-state index contributed by atoms with van der Waals surface area (Å²) in [5, 5.41) is 0.529. The molecule has 0 fully saturated rings. The Morgan fingerprint density at radius 1 is 1.38 bits per heavy atom. The quantitative estimate of drug-likeness (QED) is 0.807. The zero-order valence-corrected chi connectivity index (χ0v) is 9.12. The van der Waals surface area contributed by atoms with Gasteiger partial charge in [-0.2, -0.15) is 0 Å². The molecule has 0 aliphatic carbocycles. The van der Waals surface area contributed by atoms with Crippen molar-refractivity contribution in [3.05, 3.63) is 52.7 Å². The normalized spacial score (nSPS) is 11.1. The highest BCUT2D eigenvalue weighted by molar-refractivity contribution is 6.30. The van der Waals surface area contributed by atoms with Crippen LogP contribution in [0.1, 0.15) is 17.0 Å². The van der Waals surface area contributed by atoms with E-state index in [1.807, 2.05) is 0 Å². The van der Waals surface area contributed by atoms with Crippen LogP contribution < -0.4 is 0 Å². The first-order valence-electron chi connectivity index (χ1n) is 4.71. The summed E-state index contributed by atoms with van der Waals surface area (Å²) in [4.78, 5) is 3.93. The van der Waals surface area contributed by atoms with E-state index in [1.165, 1.54) is 6.26 Å². The van der Waals surface area contributed by atoms with Gasteiger partial charge < -0.3 is 4.42 Å². The molecule has 1 aromatic heterocycles. The molecule has 0 aliphatic heterocycles. The third-order valence-electron chi connectivity index (χ3n) is 2.11. The Hall–Kier alpha value is -1.61. The number of rotatable bonds is 3. The second kappa shape index (κ2) is 4.94. The van der Waals surface area contributed by atoms with E-state index in [2.05, 4.69) is 4.98 Å². The van der Waals surface area contributed by atoms with Crippen LogP contribution in [0.3, 0.4) is 0 Å². The first-order valence-corrected chi connectivity index (χ1v) is 5.09. The summed E-state index contributed by atoms with van der Waals surface area (Å²) in [6.45, 7) is -0.550. The lowest BCUT2D eigenvalue weighted by Gasteiger charge is -2.01. The number of hydrogen-bond donors (Lipinski definition) is 0. The standard InChI is InChI=1S/C12H9ClFNO/c13-11-3-1-9(10(7-11)8-14)2-4-12-15-5-6-16-12/h1-7H,8H2. The average molecular weight is 238 g/mol. The molecule has 16 heavy (non-hydrogen) atoms. The van der Waals surface area contributed by atoms with E-state index in [0.29, 0.717) is 16.5 Å². The lowest BCUT2D eigenvalue weighted by atomic mass is 10.1. The molecule has 2 nitrogen and oxygen atoms in total. The van der Waals surface area contributed by atoms with E-state index in [9.17, 15) is 4.39 Å². The van der Waals surface area contributed by atoms with Crippen molar-refractivity contribution in [1.29, 1.82) is 0 Å². The van der Waals surface area contributed by atoms with Crippen LogP contribution in [-0.2, 0) is 6.67 Å². The zero-order chi connectivity index (χ0) is 11.4. The maximum absolute atomic E-state index is 12.7. The Morgan fingerprint density at radius 3 is 2.94 bits per heavy atom. The highest BCUT2D eigenvalue weighted by Gasteiger charge is 2.00. The number of alkyl halides is 1. The molecule has 0 amide bonds. The molecule has 0 saturated carbocycles. The van der Waals surface area contributed by atoms with Crippen molar-refractivity contribution in [2.45, 2.75) is 6.67 Å². The van der Waals surface area contributed by atoms with Gasteiger partial charge in [0.1, 0.15) is 12.9 Å². The molecule has 0 unspecified atom stereocenters. The topological polar surface area (TPSA) is 26.0 Å². The third-order valence-corrected chi connectivity index (χ3v) is 2.34. The SMILES string of the molecule is FCc1cc(Cl)ccc1C=Cc1ncco1. The molecule has 1 aromatic carbocycles. The molecule has 1 heterocycles. The molecular weight excluding hydrogens is 229 g/mol. The monoisotopic (exact) mass is 237 g/mol. The average Bonchev–Trinajstić information content (AvgIpc) is 2.80. The van der Waals surface area contributed by atoms with Crippen LogP contribution in [0.15, 0.2) is 35.1 Å². The van der Waals surface area contributed by atoms with Gasteiger partial charge in [-0.15, -0.1) is 0 Å². The van der Waals surface area contributed by atoms with Crippen molar-refractivity contribution < 1.29 is 8.81 Å². The number of hydrogen-bond acceptors (Lipinski definition) is 2. The number of halogens is 2. The van der Waals surface area contributed by atoms with Crippen LogP contribution in [0, 0.1) is 0 Å². The minimum absolute atomic E-state index is 0.486. The van der Waals surface area contributed by atoms with Gasteiger partial charge in [0.2, 0.25) is 5.89 Å². The fraction of sp³-hybridized carbons (Fsp3) is 0.0833. The minimum atomic E-state index is -0.550. The van der Waals surface area contributed by atoms with Gasteiger partial charge in [-0.05, 0) is 29.3 Å². The van der Waals surface area contributed by atoms with Gasteiger partial charge in [0, 0.05) is 11.1 Å². The molecule has 2 aromatic rings. The number of oxazole rings is 1. The molecule has 0 spiro atoms. The number of aromatic nitrogens is 1. The van der Waals surface area contributed by atoms with Gasteiger partial charge in [0.05, 0.1) is 6.20 Å². The highest BCUT2D eigenvalue weighted by atomic mass is 35.5. The Kier molecular flexibility index (Phi) is 3.37. The smallest absolute Gasteiger partial charge is 0.218 e. The van der Waals surface area contributed by atoms with Crippen LogP contribution in [0.2, 0.25) is 5.02 Å². The molecule has 4 heteroatoms. The molecule has 82 valence electrons. The minimum Gasteiger partial charge on any atom is -0.445 e. The maximum Gasteiger partial charge on any atom is 0.218 e. The fourth-order valence-corrected chi connectivity index (χ4v) is 1.53. The van der Waals surface area contributed by atoms with Crippen LogP contribution in [-0.4, -0.2) is 4.98 Å². The Bertz CT molecular complexity index is 494. The Balaban J connectivity index is 2.27. The van der Waals surface area contributed by atoms with E-state index >= 15 is 0 Å². The summed E-state index contributed by atoms with van der Waals surface area (Å²) in [7, 11) is 0. The van der Waals surface area contributed by atoms with Crippen molar-refractivity contribution in [2.75, 3.05) is 0 Å². The molecule has 0 saturated heterocycles. The summed E-state index contributed by atoms with van der Waals surface area (Å²) >= 11 is 5.77. The van der Waals surface area contributed by atoms with E-state index in [-0.39, 0.29) is 0 Å². The summed E-state index contributed by atoms with van der Waals surface area (Å²) in [6.07, 6.45) is 6.47. The first kappa shape index (κ1) is 10.9. The van der Waals surface area contributed by atoms with Gasteiger partial charge in [0.15, 0.2) is 0 Å². The van der Waals surface area contributed by atoms with E-state index in [0.717, 1.165) is 5.56 Å². The van der Waals surface area contributed by atoms with Crippen molar-refractivity contribution >= 4 is 23.8 Å². The fourth-order valence-electron chi connectivity index (χ4n) is 1.33. The Labute approximate surface area is 97.4 Å². The van der Waals surface area contributed by atoms with E-state index < -0.39 is 6.67 Å². The number of nitrogens with zero attached hydrogens (tertiary/aromatic N) is 1. The van der Waals surface area contributed by atoms with Crippen molar-refractivity contribution in [3.8, 4) is 0 Å². The summed E-state index contributed by atoms with van der Waals surface area (Å²) < 4.78 is 17.7. The molecule has 0 bridgehead atoms.